The molecule has 0 atom stereocenters. The first kappa shape index (κ1) is 16.0. The Labute approximate surface area is 144 Å². The lowest BCUT2D eigenvalue weighted by Gasteiger charge is -2.13. The number of fused-ring (bicyclic) bond motifs is 1. The second-order valence-corrected chi connectivity index (χ2v) is 6.09. The van der Waals surface area contributed by atoms with Gasteiger partial charge in [-0.05, 0) is 36.8 Å². The zero-order valence-corrected chi connectivity index (χ0v) is 14.0. The molecule has 1 N–H and O–H groups in total. The molecule has 6 heteroatoms. The van der Waals surface area contributed by atoms with E-state index in [9.17, 15) is 4.79 Å². The number of carbonyl (C=O) groups excluding carboxylic acids is 1. The van der Waals surface area contributed by atoms with Crippen molar-refractivity contribution in [1.82, 2.24) is 0 Å². The number of aryl methyl sites for hydroxylation is 1. The summed E-state index contributed by atoms with van der Waals surface area (Å²) in [7, 11) is 0. The van der Waals surface area contributed by atoms with Gasteiger partial charge in [-0.3, -0.25) is 4.79 Å². The fraction of sp³-hybridized carbons (Fsp3) is 0.235. The SMILES string of the molecule is Cc1ccc(Cl)cc1NC(=O)c1cc(Cl)c2c(c1)OCCCO2. The van der Waals surface area contributed by atoms with Gasteiger partial charge < -0.3 is 14.8 Å². The molecular weight excluding hydrogens is 337 g/mol. The van der Waals surface area contributed by atoms with E-state index in [0.717, 1.165) is 12.0 Å². The lowest BCUT2D eigenvalue weighted by molar-refractivity contribution is 0.102. The van der Waals surface area contributed by atoms with Crippen LogP contribution in [0, 0.1) is 6.92 Å². The summed E-state index contributed by atoms with van der Waals surface area (Å²) in [5, 5.41) is 3.76. The highest BCUT2D eigenvalue weighted by atomic mass is 35.5. The molecule has 0 bridgehead atoms. The summed E-state index contributed by atoms with van der Waals surface area (Å²) in [5.74, 6) is 0.690. The number of carbonyl (C=O) groups is 1. The fourth-order valence-electron chi connectivity index (χ4n) is 2.29. The summed E-state index contributed by atoms with van der Waals surface area (Å²) in [5.41, 5.74) is 1.98. The summed E-state index contributed by atoms with van der Waals surface area (Å²) in [6.07, 6.45) is 0.772. The third-order valence-electron chi connectivity index (χ3n) is 3.51. The van der Waals surface area contributed by atoms with Crippen molar-refractivity contribution in [2.24, 2.45) is 0 Å². The fourth-order valence-corrected chi connectivity index (χ4v) is 2.72. The van der Waals surface area contributed by atoms with Crippen molar-refractivity contribution >= 4 is 34.8 Å². The van der Waals surface area contributed by atoms with Crippen molar-refractivity contribution in [2.45, 2.75) is 13.3 Å². The van der Waals surface area contributed by atoms with E-state index in [0.29, 0.717) is 46.0 Å². The summed E-state index contributed by atoms with van der Waals surface area (Å²) in [6, 6.07) is 8.54. The first-order valence-corrected chi connectivity index (χ1v) is 7.97. The van der Waals surface area contributed by atoms with Gasteiger partial charge in [-0.15, -0.1) is 0 Å². The maximum Gasteiger partial charge on any atom is 0.255 e. The smallest absolute Gasteiger partial charge is 0.255 e. The number of ether oxygens (including phenoxy) is 2. The standard InChI is InChI=1S/C17H15Cl2NO3/c1-10-3-4-12(18)9-14(10)20-17(21)11-7-13(19)16-15(8-11)22-5-2-6-23-16/h3-4,7-9H,2,5-6H2,1H3,(H,20,21). The number of anilines is 1. The van der Waals surface area contributed by atoms with Crippen molar-refractivity contribution in [3.05, 3.63) is 51.5 Å². The summed E-state index contributed by atoms with van der Waals surface area (Å²) < 4.78 is 11.2. The molecule has 0 fully saturated rings. The minimum absolute atomic E-state index is 0.284. The molecule has 0 unspecified atom stereocenters. The van der Waals surface area contributed by atoms with Crippen molar-refractivity contribution in [3.63, 3.8) is 0 Å². The predicted octanol–water partition coefficient (Wildman–Crippen LogP) is 4.72. The average Bonchev–Trinajstić information content (AvgIpc) is 2.76. The minimum atomic E-state index is -0.284. The van der Waals surface area contributed by atoms with Crippen LogP contribution in [0.15, 0.2) is 30.3 Å². The first-order chi connectivity index (χ1) is 11.0. The summed E-state index contributed by atoms with van der Waals surface area (Å²) >= 11 is 12.2. The molecule has 1 aliphatic rings. The highest BCUT2D eigenvalue weighted by Crippen LogP contribution is 2.38. The van der Waals surface area contributed by atoms with Crippen LogP contribution >= 0.6 is 23.2 Å². The summed E-state index contributed by atoms with van der Waals surface area (Å²) in [6.45, 7) is 2.97. The zero-order chi connectivity index (χ0) is 16.4. The number of rotatable bonds is 2. The van der Waals surface area contributed by atoms with Crippen molar-refractivity contribution in [2.75, 3.05) is 18.5 Å². The third kappa shape index (κ3) is 3.54. The van der Waals surface area contributed by atoms with Crippen LogP contribution in [0.2, 0.25) is 10.0 Å². The van der Waals surface area contributed by atoms with E-state index in [1.807, 2.05) is 13.0 Å². The lowest BCUT2D eigenvalue weighted by Crippen LogP contribution is -2.13. The van der Waals surface area contributed by atoms with Crippen LogP contribution in [0.4, 0.5) is 5.69 Å². The second-order valence-electron chi connectivity index (χ2n) is 5.25. The molecule has 0 saturated heterocycles. The molecule has 3 rings (SSSR count). The van der Waals surface area contributed by atoms with Gasteiger partial charge >= 0.3 is 0 Å². The number of hydrogen-bond donors (Lipinski definition) is 1. The van der Waals surface area contributed by atoms with E-state index in [2.05, 4.69) is 5.32 Å². The van der Waals surface area contributed by atoms with Crippen LogP contribution in [-0.2, 0) is 0 Å². The maximum absolute atomic E-state index is 12.5. The number of benzene rings is 2. The largest absolute Gasteiger partial charge is 0.489 e. The van der Waals surface area contributed by atoms with Gasteiger partial charge in [0.2, 0.25) is 0 Å². The molecular formula is C17H15Cl2NO3. The quantitative estimate of drug-likeness (QED) is 0.851. The van der Waals surface area contributed by atoms with Crippen molar-refractivity contribution in [1.29, 1.82) is 0 Å². The van der Waals surface area contributed by atoms with Gasteiger partial charge in [-0.25, -0.2) is 0 Å². The van der Waals surface area contributed by atoms with Crippen LogP contribution in [0.5, 0.6) is 11.5 Å². The van der Waals surface area contributed by atoms with E-state index >= 15 is 0 Å². The van der Waals surface area contributed by atoms with Crippen LogP contribution < -0.4 is 14.8 Å². The maximum atomic E-state index is 12.5. The molecule has 0 spiro atoms. The topological polar surface area (TPSA) is 47.6 Å². The number of amides is 1. The monoisotopic (exact) mass is 351 g/mol. The van der Waals surface area contributed by atoms with Gasteiger partial charge in [-0.1, -0.05) is 29.3 Å². The van der Waals surface area contributed by atoms with Gasteiger partial charge in [0.25, 0.3) is 5.91 Å². The highest BCUT2D eigenvalue weighted by Gasteiger charge is 2.18. The Morgan fingerprint density at radius 1 is 1.13 bits per heavy atom. The molecule has 0 radical (unpaired) electrons. The molecule has 4 nitrogen and oxygen atoms in total. The first-order valence-electron chi connectivity index (χ1n) is 7.21. The molecule has 1 amide bonds. The van der Waals surface area contributed by atoms with Crippen LogP contribution in [-0.4, -0.2) is 19.1 Å². The van der Waals surface area contributed by atoms with Gasteiger partial charge in [0.05, 0.1) is 18.2 Å². The lowest BCUT2D eigenvalue weighted by atomic mass is 10.1. The van der Waals surface area contributed by atoms with E-state index in [1.54, 1.807) is 24.3 Å². The average molecular weight is 352 g/mol. The minimum Gasteiger partial charge on any atom is -0.489 e. The summed E-state index contributed by atoms with van der Waals surface area (Å²) in [4.78, 5) is 12.5. The van der Waals surface area contributed by atoms with Gasteiger partial charge in [0.1, 0.15) is 0 Å². The molecule has 2 aromatic rings. The van der Waals surface area contributed by atoms with E-state index < -0.39 is 0 Å². The normalized spacial score (nSPS) is 13.3. The van der Waals surface area contributed by atoms with Crippen molar-refractivity contribution < 1.29 is 14.3 Å². The molecule has 0 aromatic heterocycles. The van der Waals surface area contributed by atoms with Crippen LogP contribution in [0.1, 0.15) is 22.3 Å². The van der Waals surface area contributed by atoms with Gasteiger partial charge in [-0.2, -0.15) is 0 Å². The van der Waals surface area contributed by atoms with Crippen LogP contribution in [0.25, 0.3) is 0 Å². The molecule has 1 aliphatic heterocycles. The Morgan fingerprint density at radius 3 is 2.74 bits per heavy atom. The number of halogens is 2. The number of hydrogen-bond acceptors (Lipinski definition) is 3. The predicted molar refractivity (Wildman–Crippen MR) is 91.2 cm³/mol. The van der Waals surface area contributed by atoms with Gasteiger partial charge in [0.15, 0.2) is 11.5 Å². The number of nitrogens with one attached hydrogen (secondary N) is 1. The van der Waals surface area contributed by atoms with Crippen LogP contribution in [0.3, 0.4) is 0 Å². The van der Waals surface area contributed by atoms with Gasteiger partial charge in [0, 0.05) is 22.7 Å². The van der Waals surface area contributed by atoms with E-state index in [1.165, 1.54) is 0 Å². The molecule has 120 valence electrons. The Hall–Kier alpha value is -1.91. The Bertz CT molecular complexity index is 762. The second kappa shape index (κ2) is 6.69. The third-order valence-corrected chi connectivity index (χ3v) is 4.03. The zero-order valence-electron chi connectivity index (χ0n) is 12.5. The molecule has 23 heavy (non-hydrogen) atoms. The highest BCUT2D eigenvalue weighted by molar-refractivity contribution is 6.33. The van der Waals surface area contributed by atoms with E-state index in [-0.39, 0.29) is 5.91 Å². The van der Waals surface area contributed by atoms with Crippen molar-refractivity contribution in [3.8, 4) is 11.5 Å². The molecule has 2 aromatic carbocycles. The Kier molecular flexibility index (Phi) is 4.64. The van der Waals surface area contributed by atoms with E-state index in [4.69, 9.17) is 32.7 Å². The Balaban J connectivity index is 1.89. The molecule has 0 aliphatic carbocycles. The Morgan fingerprint density at radius 2 is 1.91 bits per heavy atom. The molecule has 1 heterocycles. The molecule has 0 saturated carbocycles.